The van der Waals surface area contributed by atoms with Crippen LogP contribution in [0.25, 0.3) is 11.3 Å². The van der Waals surface area contributed by atoms with Crippen LogP contribution in [0.3, 0.4) is 0 Å². The lowest BCUT2D eigenvalue weighted by atomic mass is 10.0. The minimum atomic E-state index is -0.0563. The molecule has 2 aromatic rings. The van der Waals surface area contributed by atoms with Crippen LogP contribution in [-0.2, 0) is 0 Å². The number of piperidine rings is 1. The van der Waals surface area contributed by atoms with Gasteiger partial charge in [0.25, 0.3) is 5.91 Å². The van der Waals surface area contributed by atoms with Gasteiger partial charge in [0.05, 0.1) is 0 Å². The maximum Gasteiger partial charge on any atom is 0.276 e. The highest BCUT2D eigenvalue weighted by atomic mass is 35.5. The Morgan fingerprint density at radius 3 is 3.00 bits per heavy atom. The third-order valence-electron chi connectivity index (χ3n) is 3.90. The molecule has 1 aromatic carbocycles. The predicted octanol–water partition coefficient (Wildman–Crippen LogP) is 4.01. The van der Waals surface area contributed by atoms with Crippen molar-refractivity contribution < 1.29 is 9.32 Å². The molecule has 1 fully saturated rings. The largest absolute Gasteiger partial charge is 0.355 e. The summed E-state index contributed by atoms with van der Waals surface area (Å²) in [5.74, 6) is 0.504. The number of carbonyl (C=O) groups excluding carboxylic acids is 1. The summed E-state index contributed by atoms with van der Waals surface area (Å²) in [5, 5.41) is 4.55. The van der Waals surface area contributed by atoms with Gasteiger partial charge in [-0.05, 0) is 38.3 Å². The molecule has 1 aromatic heterocycles. The summed E-state index contributed by atoms with van der Waals surface area (Å²) < 4.78 is 5.30. The molecule has 1 unspecified atom stereocenters. The van der Waals surface area contributed by atoms with Gasteiger partial charge in [-0.1, -0.05) is 28.9 Å². The minimum absolute atomic E-state index is 0.0563. The average Bonchev–Trinajstić information content (AvgIpc) is 2.97. The van der Waals surface area contributed by atoms with Crippen molar-refractivity contribution in [2.75, 3.05) is 6.54 Å². The van der Waals surface area contributed by atoms with E-state index in [1.54, 1.807) is 18.2 Å². The van der Waals surface area contributed by atoms with E-state index in [0.717, 1.165) is 24.9 Å². The van der Waals surface area contributed by atoms with Gasteiger partial charge in [-0.25, -0.2) is 0 Å². The molecule has 0 radical (unpaired) electrons. The third kappa shape index (κ3) is 2.95. The van der Waals surface area contributed by atoms with Gasteiger partial charge in [0.15, 0.2) is 11.5 Å². The smallest absolute Gasteiger partial charge is 0.276 e. The van der Waals surface area contributed by atoms with E-state index in [0.29, 0.717) is 16.5 Å². The quantitative estimate of drug-likeness (QED) is 0.842. The standard InChI is InChI=1S/C16H17ClN2O2/c1-11-5-2-3-8-19(11)16(20)14-10-15(21-18-14)12-6-4-7-13(17)9-12/h4,6-7,9-11H,2-3,5,8H2,1H3. The van der Waals surface area contributed by atoms with Crippen molar-refractivity contribution in [3.8, 4) is 11.3 Å². The number of hydrogen-bond donors (Lipinski definition) is 0. The molecule has 2 heterocycles. The monoisotopic (exact) mass is 304 g/mol. The van der Waals surface area contributed by atoms with Gasteiger partial charge < -0.3 is 9.42 Å². The van der Waals surface area contributed by atoms with E-state index in [4.69, 9.17) is 16.1 Å². The molecule has 5 heteroatoms. The molecule has 0 spiro atoms. The second-order valence-electron chi connectivity index (χ2n) is 5.43. The lowest BCUT2D eigenvalue weighted by molar-refractivity contribution is 0.0625. The van der Waals surface area contributed by atoms with Gasteiger partial charge >= 0.3 is 0 Å². The van der Waals surface area contributed by atoms with Gasteiger partial charge in [0.1, 0.15) is 0 Å². The molecule has 0 N–H and O–H groups in total. The second-order valence-corrected chi connectivity index (χ2v) is 5.87. The number of benzene rings is 1. The highest BCUT2D eigenvalue weighted by Crippen LogP contribution is 2.25. The Morgan fingerprint density at radius 2 is 2.24 bits per heavy atom. The van der Waals surface area contributed by atoms with Crippen LogP contribution < -0.4 is 0 Å². The van der Waals surface area contributed by atoms with Crippen molar-refractivity contribution in [2.45, 2.75) is 32.2 Å². The fourth-order valence-electron chi connectivity index (χ4n) is 2.70. The molecule has 1 atom stereocenters. The first-order valence-corrected chi connectivity index (χ1v) is 7.56. The van der Waals surface area contributed by atoms with Crippen LogP contribution in [0.4, 0.5) is 0 Å². The maximum absolute atomic E-state index is 12.5. The summed E-state index contributed by atoms with van der Waals surface area (Å²) in [6.45, 7) is 2.87. The Bertz CT molecular complexity index is 653. The summed E-state index contributed by atoms with van der Waals surface area (Å²) in [6, 6.07) is 9.26. The third-order valence-corrected chi connectivity index (χ3v) is 4.14. The first-order valence-electron chi connectivity index (χ1n) is 7.19. The van der Waals surface area contributed by atoms with E-state index >= 15 is 0 Å². The fraction of sp³-hybridized carbons (Fsp3) is 0.375. The molecule has 0 aliphatic carbocycles. The predicted molar refractivity (Wildman–Crippen MR) is 81.3 cm³/mol. The van der Waals surface area contributed by atoms with Crippen LogP contribution in [0.5, 0.6) is 0 Å². The molecule has 0 saturated carbocycles. The molecule has 4 nitrogen and oxygen atoms in total. The van der Waals surface area contributed by atoms with Crippen LogP contribution >= 0.6 is 11.6 Å². The molecular formula is C16H17ClN2O2. The number of likely N-dealkylation sites (tertiary alicyclic amines) is 1. The SMILES string of the molecule is CC1CCCCN1C(=O)c1cc(-c2cccc(Cl)c2)on1. The molecular weight excluding hydrogens is 288 g/mol. The zero-order valence-electron chi connectivity index (χ0n) is 11.9. The number of hydrogen-bond acceptors (Lipinski definition) is 3. The van der Waals surface area contributed by atoms with Gasteiger partial charge in [-0.15, -0.1) is 0 Å². The topological polar surface area (TPSA) is 46.3 Å². The Morgan fingerprint density at radius 1 is 1.38 bits per heavy atom. The van der Waals surface area contributed by atoms with Crippen LogP contribution in [0.1, 0.15) is 36.7 Å². The minimum Gasteiger partial charge on any atom is -0.355 e. The van der Waals surface area contributed by atoms with Crippen molar-refractivity contribution in [3.63, 3.8) is 0 Å². The van der Waals surface area contributed by atoms with E-state index in [2.05, 4.69) is 12.1 Å². The van der Waals surface area contributed by atoms with Crippen molar-refractivity contribution >= 4 is 17.5 Å². The summed E-state index contributed by atoms with van der Waals surface area (Å²) in [5.41, 5.74) is 1.18. The Balaban J connectivity index is 1.83. The fourth-order valence-corrected chi connectivity index (χ4v) is 2.89. The molecule has 110 valence electrons. The van der Waals surface area contributed by atoms with Crippen molar-refractivity contribution in [1.29, 1.82) is 0 Å². The summed E-state index contributed by atoms with van der Waals surface area (Å²) >= 11 is 5.97. The first-order chi connectivity index (χ1) is 10.1. The molecule has 1 aliphatic heterocycles. The van der Waals surface area contributed by atoms with E-state index in [-0.39, 0.29) is 11.9 Å². The highest BCUT2D eigenvalue weighted by molar-refractivity contribution is 6.30. The summed E-state index contributed by atoms with van der Waals surface area (Å²) in [7, 11) is 0. The van der Waals surface area contributed by atoms with Crippen molar-refractivity contribution in [3.05, 3.63) is 41.0 Å². The van der Waals surface area contributed by atoms with E-state index in [1.165, 1.54) is 6.42 Å². The second kappa shape index (κ2) is 5.90. The van der Waals surface area contributed by atoms with Gasteiger partial charge in [0, 0.05) is 29.2 Å². The number of carbonyl (C=O) groups is 1. The lowest BCUT2D eigenvalue weighted by Crippen LogP contribution is -2.42. The van der Waals surface area contributed by atoms with Gasteiger partial charge in [-0.2, -0.15) is 0 Å². The molecule has 0 bridgehead atoms. The number of aromatic nitrogens is 1. The Kier molecular flexibility index (Phi) is 3.97. The van der Waals surface area contributed by atoms with Crippen LogP contribution in [0.2, 0.25) is 5.02 Å². The van der Waals surface area contributed by atoms with E-state index in [9.17, 15) is 4.79 Å². The van der Waals surface area contributed by atoms with Crippen molar-refractivity contribution in [2.24, 2.45) is 0 Å². The van der Waals surface area contributed by atoms with E-state index in [1.807, 2.05) is 17.0 Å². The molecule has 1 saturated heterocycles. The molecule has 1 aliphatic rings. The first kappa shape index (κ1) is 14.1. The molecule has 1 amide bonds. The number of nitrogens with zero attached hydrogens (tertiary/aromatic N) is 2. The zero-order chi connectivity index (χ0) is 14.8. The normalized spacial score (nSPS) is 18.8. The average molecular weight is 305 g/mol. The Hall–Kier alpha value is -1.81. The van der Waals surface area contributed by atoms with Crippen LogP contribution in [0.15, 0.2) is 34.9 Å². The van der Waals surface area contributed by atoms with Gasteiger partial charge in [0.2, 0.25) is 0 Å². The summed E-state index contributed by atoms with van der Waals surface area (Å²) in [6.07, 6.45) is 3.28. The van der Waals surface area contributed by atoms with Crippen LogP contribution in [-0.4, -0.2) is 28.6 Å². The van der Waals surface area contributed by atoms with Gasteiger partial charge in [-0.3, -0.25) is 4.79 Å². The Labute approximate surface area is 128 Å². The lowest BCUT2D eigenvalue weighted by Gasteiger charge is -2.32. The number of amides is 1. The molecule has 3 rings (SSSR count). The maximum atomic E-state index is 12.5. The van der Waals surface area contributed by atoms with Crippen LogP contribution in [0, 0.1) is 0 Å². The number of halogens is 1. The van der Waals surface area contributed by atoms with E-state index < -0.39 is 0 Å². The zero-order valence-corrected chi connectivity index (χ0v) is 12.6. The molecule has 21 heavy (non-hydrogen) atoms. The van der Waals surface area contributed by atoms with Crippen molar-refractivity contribution in [1.82, 2.24) is 10.1 Å². The highest BCUT2D eigenvalue weighted by Gasteiger charge is 2.26. The number of rotatable bonds is 2. The summed E-state index contributed by atoms with van der Waals surface area (Å²) in [4.78, 5) is 14.4.